The van der Waals surface area contributed by atoms with Crippen LogP contribution in [0.25, 0.3) is 6.08 Å². The molecule has 0 saturated heterocycles. The van der Waals surface area contributed by atoms with Gasteiger partial charge in [0.15, 0.2) is 0 Å². The van der Waals surface area contributed by atoms with Crippen LogP contribution in [-0.2, 0) is 4.79 Å². The Bertz CT molecular complexity index is 1180. The molecule has 1 heterocycles. The van der Waals surface area contributed by atoms with Gasteiger partial charge in [0.1, 0.15) is 17.3 Å². The highest BCUT2D eigenvalue weighted by Gasteiger charge is 2.32. The topological polar surface area (TPSA) is 90.2 Å². The molecule has 0 bridgehead atoms. The van der Waals surface area contributed by atoms with Crippen LogP contribution in [0.4, 0.5) is 5.69 Å². The van der Waals surface area contributed by atoms with Crippen LogP contribution in [0.5, 0.6) is 5.75 Å². The van der Waals surface area contributed by atoms with Gasteiger partial charge in [0.2, 0.25) is 0 Å². The van der Waals surface area contributed by atoms with E-state index >= 15 is 0 Å². The number of aromatic carboxylic acids is 1. The van der Waals surface area contributed by atoms with E-state index in [-0.39, 0.29) is 22.9 Å². The molecular weight excluding hydrogens is 448 g/mol. The summed E-state index contributed by atoms with van der Waals surface area (Å²) in [6.07, 6.45) is 1.62. The number of phenols is 1. The SMILES string of the molecule is O=C(O)c1ccc(/C=C2/N=C(c3ccc(Br)cc3)N(c3ccc(O)cc3)C2=O)cc1. The molecule has 1 amide bonds. The fourth-order valence-corrected chi connectivity index (χ4v) is 3.29. The fourth-order valence-electron chi connectivity index (χ4n) is 3.03. The molecule has 1 aliphatic heterocycles. The number of amidine groups is 1. The third-order valence-electron chi connectivity index (χ3n) is 4.53. The average Bonchev–Trinajstić information content (AvgIpc) is 3.06. The van der Waals surface area contributed by atoms with Crippen molar-refractivity contribution in [2.75, 3.05) is 4.90 Å². The van der Waals surface area contributed by atoms with E-state index in [1.54, 1.807) is 30.3 Å². The highest BCUT2D eigenvalue weighted by Crippen LogP contribution is 2.29. The second-order valence-electron chi connectivity index (χ2n) is 6.56. The molecule has 30 heavy (non-hydrogen) atoms. The Morgan fingerprint density at radius 2 is 1.57 bits per heavy atom. The predicted octanol–water partition coefficient (Wildman–Crippen LogP) is 4.69. The summed E-state index contributed by atoms with van der Waals surface area (Å²) in [5, 5.41) is 18.6. The van der Waals surface area contributed by atoms with E-state index in [9.17, 15) is 14.7 Å². The van der Waals surface area contributed by atoms with Crippen LogP contribution in [-0.4, -0.2) is 27.9 Å². The summed E-state index contributed by atoms with van der Waals surface area (Å²) >= 11 is 3.40. The van der Waals surface area contributed by atoms with Crippen molar-refractivity contribution in [2.45, 2.75) is 0 Å². The molecule has 2 N–H and O–H groups in total. The van der Waals surface area contributed by atoms with Crippen LogP contribution in [0.3, 0.4) is 0 Å². The molecule has 148 valence electrons. The van der Waals surface area contributed by atoms with Gasteiger partial charge in [-0.15, -0.1) is 0 Å². The maximum atomic E-state index is 13.2. The molecule has 1 aliphatic rings. The Morgan fingerprint density at radius 3 is 2.17 bits per heavy atom. The van der Waals surface area contributed by atoms with Gasteiger partial charge in [-0.2, -0.15) is 0 Å². The molecule has 0 spiro atoms. The maximum Gasteiger partial charge on any atom is 0.335 e. The molecule has 0 saturated carbocycles. The van der Waals surface area contributed by atoms with Gasteiger partial charge in [-0.05, 0) is 60.2 Å². The number of carbonyl (C=O) groups excluding carboxylic acids is 1. The summed E-state index contributed by atoms with van der Waals surface area (Å²) in [5.41, 5.74) is 2.38. The molecule has 7 heteroatoms. The number of aromatic hydroxyl groups is 1. The number of aliphatic imine (C=N–C) groups is 1. The van der Waals surface area contributed by atoms with Gasteiger partial charge in [0.25, 0.3) is 5.91 Å². The smallest absolute Gasteiger partial charge is 0.335 e. The number of carboxylic acid groups (broad SMARTS) is 1. The number of rotatable bonds is 4. The quantitative estimate of drug-likeness (QED) is 0.550. The van der Waals surface area contributed by atoms with Crippen molar-refractivity contribution < 1.29 is 19.8 Å². The van der Waals surface area contributed by atoms with Crippen molar-refractivity contribution in [3.63, 3.8) is 0 Å². The molecule has 0 atom stereocenters. The molecule has 0 fully saturated rings. The van der Waals surface area contributed by atoms with Crippen molar-refractivity contribution in [1.82, 2.24) is 0 Å². The number of benzene rings is 3. The van der Waals surface area contributed by atoms with Crippen molar-refractivity contribution in [2.24, 2.45) is 4.99 Å². The van der Waals surface area contributed by atoms with E-state index in [0.717, 1.165) is 10.0 Å². The van der Waals surface area contributed by atoms with Crippen molar-refractivity contribution in [3.05, 3.63) is 99.7 Å². The molecule has 6 nitrogen and oxygen atoms in total. The van der Waals surface area contributed by atoms with E-state index in [1.165, 1.54) is 29.2 Å². The van der Waals surface area contributed by atoms with Gasteiger partial charge in [-0.25, -0.2) is 9.79 Å². The lowest BCUT2D eigenvalue weighted by Crippen LogP contribution is -2.32. The molecule has 4 rings (SSSR count). The Morgan fingerprint density at radius 1 is 0.933 bits per heavy atom. The summed E-state index contributed by atoms with van der Waals surface area (Å²) in [6, 6.07) is 20.0. The van der Waals surface area contributed by atoms with Gasteiger partial charge in [-0.1, -0.05) is 40.2 Å². The Balaban J connectivity index is 1.78. The van der Waals surface area contributed by atoms with Gasteiger partial charge >= 0.3 is 5.97 Å². The van der Waals surface area contributed by atoms with Gasteiger partial charge < -0.3 is 10.2 Å². The minimum absolute atomic E-state index is 0.0989. The first-order valence-electron chi connectivity index (χ1n) is 8.95. The Kier molecular flexibility index (Phi) is 5.20. The number of halogens is 1. The van der Waals surface area contributed by atoms with Crippen LogP contribution >= 0.6 is 15.9 Å². The minimum atomic E-state index is -1.01. The number of hydrogen-bond acceptors (Lipinski definition) is 4. The number of carbonyl (C=O) groups is 2. The summed E-state index contributed by atoms with van der Waals surface area (Å²) in [5.74, 6) is -0.769. The van der Waals surface area contributed by atoms with Crippen LogP contribution in [0, 0.1) is 0 Å². The van der Waals surface area contributed by atoms with Gasteiger partial charge in [0.05, 0.1) is 11.3 Å². The van der Waals surface area contributed by atoms with Crippen molar-refractivity contribution in [1.29, 1.82) is 0 Å². The number of phenolic OH excluding ortho intramolecular Hbond substituents is 1. The van der Waals surface area contributed by atoms with E-state index in [1.807, 2.05) is 24.3 Å². The first-order chi connectivity index (χ1) is 14.4. The van der Waals surface area contributed by atoms with Crippen LogP contribution in [0.2, 0.25) is 0 Å². The molecule has 0 aliphatic carbocycles. The number of nitrogens with zero attached hydrogens (tertiary/aromatic N) is 2. The van der Waals surface area contributed by atoms with Gasteiger partial charge in [-0.3, -0.25) is 9.69 Å². The lowest BCUT2D eigenvalue weighted by atomic mass is 10.1. The number of carboxylic acids is 1. The zero-order valence-corrected chi connectivity index (χ0v) is 17.1. The second-order valence-corrected chi connectivity index (χ2v) is 7.47. The standard InChI is InChI=1S/C23H15BrN2O4/c24-17-7-5-15(6-8-17)21-25-20(13-14-1-3-16(4-2-14)23(29)30)22(28)26(21)18-9-11-19(27)12-10-18/h1-13,27H,(H,29,30)/b20-13+. The van der Waals surface area contributed by atoms with Gasteiger partial charge in [0, 0.05) is 10.0 Å². The minimum Gasteiger partial charge on any atom is -0.508 e. The third-order valence-corrected chi connectivity index (χ3v) is 5.06. The number of anilines is 1. The maximum absolute atomic E-state index is 13.2. The summed E-state index contributed by atoms with van der Waals surface area (Å²) in [4.78, 5) is 30.3. The Labute approximate surface area is 180 Å². The van der Waals surface area contributed by atoms with E-state index in [0.29, 0.717) is 17.1 Å². The largest absolute Gasteiger partial charge is 0.508 e. The molecule has 3 aromatic rings. The van der Waals surface area contributed by atoms with Crippen LogP contribution < -0.4 is 4.90 Å². The monoisotopic (exact) mass is 462 g/mol. The highest BCUT2D eigenvalue weighted by atomic mass is 79.9. The predicted molar refractivity (Wildman–Crippen MR) is 118 cm³/mol. The number of amides is 1. The highest BCUT2D eigenvalue weighted by molar-refractivity contribution is 9.10. The van der Waals surface area contributed by atoms with E-state index < -0.39 is 5.97 Å². The molecule has 3 aromatic carbocycles. The molecule has 0 radical (unpaired) electrons. The molecule has 0 aromatic heterocycles. The zero-order valence-electron chi connectivity index (χ0n) is 15.5. The van der Waals surface area contributed by atoms with E-state index in [4.69, 9.17) is 5.11 Å². The molecule has 0 unspecified atom stereocenters. The zero-order chi connectivity index (χ0) is 21.3. The number of hydrogen-bond donors (Lipinski definition) is 2. The fraction of sp³-hybridized carbons (Fsp3) is 0. The lowest BCUT2D eigenvalue weighted by Gasteiger charge is -2.18. The van der Waals surface area contributed by atoms with Crippen LogP contribution in [0.15, 0.2) is 88.0 Å². The first-order valence-corrected chi connectivity index (χ1v) is 9.75. The third kappa shape index (κ3) is 3.88. The normalized spacial score (nSPS) is 14.8. The molecular formula is C23H15BrN2O4. The van der Waals surface area contributed by atoms with Crippen LogP contribution in [0.1, 0.15) is 21.5 Å². The average molecular weight is 463 g/mol. The summed E-state index contributed by atoms with van der Waals surface area (Å²) in [7, 11) is 0. The van der Waals surface area contributed by atoms with Crippen molar-refractivity contribution in [3.8, 4) is 5.75 Å². The van der Waals surface area contributed by atoms with Crippen molar-refractivity contribution >= 4 is 45.4 Å². The van der Waals surface area contributed by atoms with E-state index in [2.05, 4.69) is 20.9 Å². The first kappa shape index (κ1) is 19.6. The summed E-state index contributed by atoms with van der Waals surface area (Å²) < 4.78 is 0.904. The Hall–Kier alpha value is -3.71. The second kappa shape index (κ2) is 7.96. The lowest BCUT2D eigenvalue weighted by molar-refractivity contribution is -0.113. The summed E-state index contributed by atoms with van der Waals surface area (Å²) in [6.45, 7) is 0.